The zero-order valence-electron chi connectivity index (χ0n) is 13.9. The molecule has 24 heavy (non-hydrogen) atoms. The summed E-state index contributed by atoms with van der Waals surface area (Å²) in [7, 11) is 0. The SMILES string of the molecule is CCOC(=O)N1CCC(NC(=O)COC(=O)c2sccc2C)CC1. The van der Waals surface area contributed by atoms with Crippen LogP contribution in [0.25, 0.3) is 0 Å². The van der Waals surface area contributed by atoms with E-state index in [1.54, 1.807) is 11.8 Å². The van der Waals surface area contributed by atoms with Gasteiger partial charge in [0.05, 0.1) is 6.61 Å². The third-order valence-corrected chi connectivity index (χ3v) is 4.76. The molecule has 1 N–H and O–H groups in total. The summed E-state index contributed by atoms with van der Waals surface area (Å²) in [6.45, 7) is 4.73. The molecule has 0 radical (unpaired) electrons. The third-order valence-electron chi connectivity index (χ3n) is 3.77. The fraction of sp³-hybridized carbons (Fsp3) is 0.562. The maximum Gasteiger partial charge on any atom is 0.409 e. The number of piperidine rings is 1. The van der Waals surface area contributed by atoms with Crippen molar-refractivity contribution in [3.05, 3.63) is 21.9 Å². The molecule has 0 aromatic carbocycles. The zero-order chi connectivity index (χ0) is 17.5. The van der Waals surface area contributed by atoms with Crippen molar-refractivity contribution in [2.24, 2.45) is 0 Å². The maximum atomic E-state index is 11.9. The van der Waals surface area contributed by atoms with Gasteiger partial charge in [-0.3, -0.25) is 4.79 Å². The van der Waals surface area contributed by atoms with Crippen molar-refractivity contribution in [1.82, 2.24) is 10.2 Å². The predicted molar refractivity (Wildman–Crippen MR) is 89.1 cm³/mol. The summed E-state index contributed by atoms with van der Waals surface area (Å²) < 4.78 is 9.99. The molecule has 0 unspecified atom stereocenters. The Morgan fingerprint density at radius 1 is 1.29 bits per heavy atom. The lowest BCUT2D eigenvalue weighted by Gasteiger charge is -2.31. The highest BCUT2D eigenvalue weighted by atomic mass is 32.1. The van der Waals surface area contributed by atoms with E-state index >= 15 is 0 Å². The number of amides is 2. The van der Waals surface area contributed by atoms with E-state index in [2.05, 4.69) is 5.32 Å². The van der Waals surface area contributed by atoms with Crippen molar-refractivity contribution in [2.75, 3.05) is 26.3 Å². The highest BCUT2D eigenvalue weighted by molar-refractivity contribution is 7.12. The van der Waals surface area contributed by atoms with Gasteiger partial charge in [-0.05, 0) is 43.7 Å². The highest BCUT2D eigenvalue weighted by Gasteiger charge is 2.25. The lowest BCUT2D eigenvalue weighted by Crippen LogP contribution is -2.47. The number of ether oxygens (including phenoxy) is 2. The minimum absolute atomic E-state index is 0.0228. The molecule has 1 aromatic rings. The van der Waals surface area contributed by atoms with Gasteiger partial charge in [-0.2, -0.15) is 0 Å². The Bertz CT molecular complexity index is 593. The Kier molecular flexibility index (Phi) is 6.60. The maximum absolute atomic E-state index is 11.9. The van der Waals surface area contributed by atoms with Crippen LogP contribution in [-0.2, 0) is 14.3 Å². The number of hydrogen-bond donors (Lipinski definition) is 1. The number of nitrogens with zero attached hydrogens (tertiary/aromatic N) is 1. The lowest BCUT2D eigenvalue weighted by atomic mass is 10.1. The average molecular weight is 354 g/mol. The second-order valence-electron chi connectivity index (χ2n) is 5.54. The van der Waals surface area contributed by atoms with Crippen LogP contribution in [0.5, 0.6) is 0 Å². The summed E-state index contributed by atoms with van der Waals surface area (Å²) in [5.74, 6) is -0.804. The molecule has 0 bridgehead atoms. The van der Waals surface area contributed by atoms with Crippen molar-refractivity contribution in [3.8, 4) is 0 Å². The molecule has 1 saturated heterocycles. The van der Waals surface area contributed by atoms with Gasteiger partial charge >= 0.3 is 12.1 Å². The minimum atomic E-state index is -0.477. The predicted octanol–water partition coefficient (Wildman–Crippen LogP) is 1.95. The van der Waals surface area contributed by atoms with E-state index < -0.39 is 5.97 Å². The Morgan fingerprint density at radius 3 is 2.58 bits per heavy atom. The second-order valence-corrected chi connectivity index (χ2v) is 6.45. The fourth-order valence-corrected chi connectivity index (χ4v) is 3.29. The van der Waals surface area contributed by atoms with E-state index in [1.807, 2.05) is 18.4 Å². The Balaban J connectivity index is 1.69. The summed E-state index contributed by atoms with van der Waals surface area (Å²) in [4.78, 5) is 37.5. The summed E-state index contributed by atoms with van der Waals surface area (Å²) in [5.41, 5.74) is 0.844. The summed E-state index contributed by atoms with van der Waals surface area (Å²) in [6.07, 6.45) is 0.993. The number of likely N-dealkylation sites (tertiary alicyclic amines) is 1. The first-order chi connectivity index (χ1) is 11.5. The zero-order valence-corrected chi connectivity index (χ0v) is 14.7. The number of aryl methyl sites for hydroxylation is 1. The molecule has 1 aliphatic rings. The molecule has 1 aliphatic heterocycles. The van der Waals surface area contributed by atoms with Crippen molar-refractivity contribution >= 4 is 29.3 Å². The molecule has 0 atom stereocenters. The number of nitrogens with one attached hydrogen (secondary N) is 1. The van der Waals surface area contributed by atoms with Crippen LogP contribution in [0.3, 0.4) is 0 Å². The second kappa shape index (κ2) is 8.68. The van der Waals surface area contributed by atoms with E-state index in [0.717, 1.165) is 5.56 Å². The Labute approximate surface area is 144 Å². The van der Waals surface area contributed by atoms with Crippen LogP contribution >= 0.6 is 11.3 Å². The van der Waals surface area contributed by atoms with Crippen molar-refractivity contribution in [3.63, 3.8) is 0 Å². The molecular formula is C16H22N2O5S. The van der Waals surface area contributed by atoms with E-state index in [0.29, 0.717) is 37.4 Å². The van der Waals surface area contributed by atoms with Gasteiger partial charge in [0, 0.05) is 19.1 Å². The number of thiophene rings is 1. The molecular weight excluding hydrogens is 332 g/mol. The molecule has 2 heterocycles. The van der Waals surface area contributed by atoms with Gasteiger partial charge in [0.15, 0.2) is 6.61 Å². The average Bonchev–Trinajstić information content (AvgIpc) is 2.99. The summed E-state index contributed by atoms with van der Waals surface area (Å²) >= 11 is 1.30. The quantitative estimate of drug-likeness (QED) is 0.817. The monoisotopic (exact) mass is 354 g/mol. The molecule has 1 fully saturated rings. The first kappa shape index (κ1) is 18.3. The van der Waals surface area contributed by atoms with Crippen molar-refractivity contribution in [2.45, 2.75) is 32.7 Å². The molecule has 2 rings (SSSR count). The summed E-state index contributed by atoms with van der Waals surface area (Å²) in [5, 5.41) is 4.64. The Morgan fingerprint density at radius 2 is 2.00 bits per heavy atom. The van der Waals surface area contributed by atoms with Crippen LogP contribution in [0, 0.1) is 6.92 Å². The smallest absolute Gasteiger partial charge is 0.409 e. The molecule has 2 amide bonds. The van der Waals surface area contributed by atoms with E-state index in [-0.39, 0.29) is 24.6 Å². The standard InChI is InChI=1S/C16H22N2O5S/c1-3-22-16(21)18-7-4-12(5-8-18)17-13(19)10-23-15(20)14-11(2)6-9-24-14/h6,9,12H,3-5,7-8,10H2,1-2H3,(H,17,19). The normalized spacial score (nSPS) is 15.0. The molecule has 7 nitrogen and oxygen atoms in total. The fourth-order valence-electron chi connectivity index (χ4n) is 2.47. The number of carbonyl (C=O) groups is 3. The highest BCUT2D eigenvalue weighted by Crippen LogP contribution is 2.16. The van der Waals surface area contributed by atoms with Gasteiger partial charge < -0.3 is 19.7 Å². The number of rotatable bonds is 5. The first-order valence-corrected chi connectivity index (χ1v) is 8.81. The first-order valence-electron chi connectivity index (χ1n) is 7.93. The van der Waals surface area contributed by atoms with E-state index in [9.17, 15) is 14.4 Å². The van der Waals surface area contributed by atoms with Gasteiger partial charge in [-0.25, -0.2) is 9.59 Å². The third kappa shape index (κ3) is 4.95. The largest absolute Gasteiger partial charge is 0.451 e. The minimum Gasteiger partial charge on any atom is -0.451 e. The van der Waals surface area contributed by atoms with E-state index in [4.69, 9.17) is 9.47 Å². The van der Waals surface area contributed by atoms with Crippen LogP contribution in [0.15, 0.2) is 11.4 Å². The van der Waals surface area contributed by atoms with Crippen LogP contribution in [-0.4, -0.2) is 55.2 Å². The molecule has 0 saturated carbocycles. The molecule has 0 spiro atoms. The van der Waals surface area contributed by atoms with Crippen LogP contribution < -0.4 is 5.32 Å². The van der Waals surface area contributed by atoms with E-state index in [1.165, 1.54) is 11.3 Å². The van der Waals surface area contributed by atoms with Crippen molar-refractivity contribution in [1.29, 1.82) is 0 Å². The number of hydrogen-bond acceptors (Lipinski definition) is 6. The molecule has 8 heteroatoms. The van der Waals surface area contributed by atoms with Gasteiger partial charge in [-0.1, -0.05) is 0 Å². The van der Waals surface area contributed by atoms with Gasteiger partial charge in [-0.15, -0.1) is 11.3 Å². The topological polar surface area (TPSA) is 84.9 Å². The van der Waals surface area contributed by atoms with Crippen molar-refractivity contribution < 1.29 is 23.9 Å². The van der Waals surface area contributed by atoms with Crippen LogP contribution in [0.2, 0.25) is 0 Å². The van der Waals surface area contributed by atoms with Crippen LogP contribution in [0.4, 0.5) is 4.79 Å². The Hall–Kier alpha value is -2.09. The van der Waals surface area contributed by atoms with Gasteiger partial charge in [0.25, 0.3) is 5.91 Å². The lowest BCUT2D eigenvalue weighted by molar-refractivity contribution is -0.125. The molecule has 132 valence electrons. The van der Waals surface area contributed by atoms with Crippen LogP contribution in [0.1, 0.15) is 35.0 Å². The summed E-state index contributed by atoms with van der Waals surface area (Å²) in [6, 6.07) is 1.81. The van der Waals surface area contributed by atoms with Gasteiger partial charge in [0.1, 0.15) is 4.88 Å². The number of esters is 1. The van der Waals surface area contributed by atoms with Gasteiger partial charge in [0.2, 0.25) is 0 Å². The number of carbonyl (C=O) groups excluding carboxylic acids is 3. The molecule has 0 aliphatic carbocycles. The molecule has 1 aromatic heterocycles.